The number of rotatable bonds is 5. The van der Waals surface area contributed by atoms with Gasteiger partial charge in [-0.15, -0.1) is 0 Å². The fourth-order valence-corrected chi connectivity index (χ4v) is 2.70. The molecule has 1 aliphatic heterocycles. The Morgan fingerprint density at radius 1 is 1.47 bits per heavy atom. The first-order valence-electron chi connectivity index (χ1n) is 6.81. The second kappa shape index (κ2) is 5.72. The molecule has 1 heterocycles. The van der Waals surface area contributed by atoms with Crippen molar-refractivity contribution in [2.75, 3.05) is 26.7 Å². The Kier molecular flexibility index (Phi) is 4.22. The number of likely N-dealkylation sites (N-methyl/N-ethyl adjacent to an activating group) is 1. The fourth-order valence-electron chi connectivity index (χ4n) is 2.70. The summed E-state index contributed by atoms with van der Waals surface area (Å²) < 4.78 is 0. The van der Waals surface area contributed by atoms with Crippen LogP contribution in [-0.2, 0) is 4.79 Å². The van der Waals surface area contributed by atoms with E-state index in [2.05, 4.69) is 34.5 Å². The lowest BCUT2D eigenvalue weighted by molar-refractivity contribution is -0.124. The minimum Gasteiger partial charge on any atom is -0.368 e. The Balaban J connectivity index is 1.97. The molecule has 3 N–H and O–H groups in total. The van der Waals surface area contributed by atoms with Crippen molar-refractivity contribution >= 4 is 5.91 Å². The molecule has 1 aliphatic rings. The molecular weight excluding hydrogens is 238 g/mol. The summed E-state index contributed by atoms with van der Waals surface area (Å²) in [5.41, 5.74) is 6.21. The average Bonchev–Trinajstić information content (AvgIpc) is 2.87. The molecule has 2 atom stereocenters. The lowest BCUT2D eigenvalue weighted by atomic mass is 9.98. The van der Waals surface area contributed by atoms with Gasteiger partial charge in [-0.3, -0.25) is 4.79 Å². The molecule has 0 radical (unpaired) electrons. The Labute approximate surface area is 115 Å². The molecule has 0 aromatic heterocycles. The lowest BCUT2D eigenvalue weighted by Gasteiger charge is -2.30. The van der Waals surface area contributed by atoms with Gasteiger partial charge in [0.25, 0.3) is 0 Å². The molecule has 104 valence electrons. The number of amides is 1. The third kappa shape index (κ3) is 3.14. The topological polar surface area (TPSA) is 58.4 Å². The van der Waals surface area contributed by atoms with Gasteiger partial charge in [-0.2, -0.15) is 0 Å². The predicted molar refractivity (Wildman–Crippen MR) is 76.9 cm³/mol. The minimum atomic E-state index is -0.647. The Hall–Kier alpha value is -1.39. The Morgan fingerprint density at radius 3 is 2.74 bits per heavy atom. The Bertz CT molecular complexity index is 434. The van der Waals surface area contributed by atoms with Gasteiger partial charge >= 0.3 is 0 Å². The molecule has 19 heavy (non-hydrogen) atoms. The zero-order valence-corrected chi connectivity index (χ0v) is 11.7. The lowest BCUT2D eigenvalue weighted by Crippen LogP contribution is -2.58. The van der Waals surface area contributed by atoms with Crippen LogP contribution in [0.3, 0.4) is 0 Å². The molecule has 0 spiro atoms. The molecule has 1 fully saturated rings. The van der Waals surface area contributed by atoms with E-state index in [9.17, 15) is 4.79 Å². The third-order valence-electron chi connectivity index (χ3n) is 4.18. The zero-order valence-electron chi connectivity index (χ0n) is 11.7. The maximum absolute atomic E-state index is 11.5. The minimum absolute atomic E-state index is 0.293. The number of nitrogens with two attached hydrogens (primary N) is 1. The quantitative estimate of drug-likeness (QED) is 0.829. The fraction of sp³-hybridized carbons (Fsp3) is 0.533. The maximum atomic E-state index is 11.5. The van der Waals surface area contributed by atoms with Gasteiger partial charge in [0.1, 0.15) is 5.54 Å². The SMILES string of the molecule is CNC(C)(CN1CCC(c2ccccc2)C1)C(N)=O. The van der Waals surface area contributed by atoms with E-state index in [-0.39, 0.29) is 5.91 Å². The van der Waals surface area contributed by atoms with E-state index in [4.69, 9.17) is 5.73 Å². The van der Waals surface area contributed by atoms with Gasteiger partial charge in [0.2, 0.25) is 5.91 Å². The first-order valence-corrected chi connectivity index (χ1v) is 6.81. The van der Waals surface area contributed by atoms with E-state index in [1.54, 1.807) is 7.05 Å². The van der Waals surface area contributed by atoms with Crippen molar-refractivity contribution in [1.82, 2.24) is 10.2 Å². The van der Waals surface area contributed by atoms with Gasteiger partial charge in [0.05, 0.1) is 0 Å². The van der Waals surface area contributed by atoms with Crippen molar-refractivity contribution in [2.45, 2.75) is 24.8 Å². The number of carbonyl (C=O) groups excluding carboxylic acids is 1. The summed E-state index contributed by atoms with van der Waals surface area (Å²) in [4.78, 5) is 13.8. The van der Waals surface area contributed by atoms with Crippen molar-refractivity contribution in [2.24, 2.45) is 5.73 Å². The average molecular weight is 261 g/mol. The molecular formula is C15H23N3O. The number of hydrogen-bond acceptors (Lipinski definition) is 3. The number of benzene rings is 1. The molecule has 0 bridgehead atoms. The highest BCUT2D eigenvalue weighted by Gasteiger charge is 2.34. The third-order valence-corrected chi connectivity index (χ3v) is 4.18. The van der Waals surface area contributed by atoms with Crippen LogP contribution in [-0.4, -0.2) is 43.0 Å². The van der Waals surface area contributed by atoms with Crippen LogP contribution in [0.2, 0.25) is 0 Å². The highest BCUT2D eigenvalue weighted by molar-refractivity contribution is 5.84. The molecule has 1 saturated heterocycles. The van der Waals surface area contributed by atoms with Gasteiger partial charge in [0, 0.05) is 13.1 Å². The van der Waals surface area contributed by atoms with Crippen LogP contribution in [0.1, 0.15) is 24.8 Å². The first-order chi connectivity index (χ1) is 9.05. The van der Waals surface area contributed by atoms with Crippen LogP contribution in [0.25, 0.3) is 0 Å². The van der Waals surface area contributed by atoms with Crippen LogP contribution < -0.4 is 11.1 Å². The summed E-state index contributed by atoms with van der Waals surface area (Å²) in [5, 5.41) is 3.04. The van der Waals surface area contributed by atoms with E-state index in [1.807, 2.05) is 13.0 Å². The van der Waals surface area contributed by atoms with Gasteiger partial charge in [0.15, 0.2) is 0 Å². The van der Waals surface area contributed by atoms with E-state index in [1.165, 1.54) is 5.56 Å². The summed E-state index contributed by atoms with van der Waals surface area (Å²) >= 11 is 0. The van der Waals surface area contributed by atoms with E-state index >= 15 is 0 Å². The van der Waals surface area contributed by atoms with Crippen molar-refractivity contribution < 1.29 is 4.79 Å². The largest absolute Gasteiger partial charge is 0.368 e. The summed E-state index contributed by atoms with van der Waals surface area (Å²) in [7, 11) is 1.79. The molecule has 0 aliphatic carbocycles. The number of hydrogen-bond donors (Lipinski definition) is 2. The molecule has 0 saturated carbocycles. The molecule has 4 heteroatoms. The smallest absolute Gasteiger partial charge is 0.238 e. The predicted octanol–water partition coefficient (Wildman–Crippen LogP) is 0.939. The standard InChI is InChI=1S/C15H23N3O/c1-15(17-2,14(16)19)11-18-9-8-13(10-18)12-6-4-3-5-7-12/h3-7,13,17H,8-11H2,1-2H3,(H2,16,19). The monoisotopic (exact) mass is 261 g/mol. The number of likely N-dealkylation sites (tertiary alicyclic amines) is 1. The zero-order chi connectivity index (χ0) is 13.9. The summed E-state index contributed by atoms with van der Waals surface area (Å²) in [6, 6.07) is 10.6. The molecule has 1 aromatic rings. The van der Waals surface area contributed by atoms with Crippen molar-refractivity contribution in [3.63, 3.8) is 0 Å². The van der Waals surface area contributed by atoms with Crippen LogP contribution in [0.4, 0.5) is 0 Å². The van der Waals surface area contributed by atoms with Crippen LogP contribution in [0.5, 0.6) is 0 Å². The molecule has 4 nitrogen and oxygen atoms in total. The highest BCUT2D eigenvalue weighted by atomic mass is 16.1. The molecule has 1 aromatic carbocycles. The normalized spacial score (nSPS) is 23.2. The number of nitrogens with one attached hydrogen (secondary N) is 1. The number of carbonyl (C=O) groups is 1. The van der Waals surface area contributed by atoms with Crippen LogP contribution in [0, 0.1) is 0 Å². The van der Waals surface area contributed by atoms with Crippen molar-refractivity contribution in [3.8, 4) is 0 Å². The maximum Gasteiger partial charge on any atom is 0.238 e. The summed E-state index contributed by atoms with van der Waals surface area (Å²) in [5.74, 6) is 0.272. The molecule has 2 rings (SSSR count). The molecule has 1 amide bonds. The second-order valence-corrected chi connectivity index (χ2v) is 5.58. The summed E-state index contributed by atoms with van der Waals surface area (Å²) in [6.45, 7) is 4.55. The van der Waals surface area contributed by atoms with E-state index in [0.29, 0.717) is 12.5 Å². The van der Waals surface area contributed by atoms with Gasteiger partial charge < -0.3 is 16.0 Å². The van der Waals surface area contributed by atoms with Gasteiger partial charge in [-0.05, 0) is 38.4 Å². The van der Waals surface area contributed by atoms with Crippen molar-refractivity contribution in [1.29, 1.82) is 0 Å². The second-order valence-electron chi connectivity index (χ2n) is 5.58. The molecule has 2 unspecified atom stereocenters. The van der Waals surface area contributed by atoms with Crippen LogP contribution >= 0.6 is 0 Å². The van der Waals surface area contributed by atoms with Crippen LogP contribution in [0.15, 0.2) is 30.3 Å². The van der Waals surface area contributed by atoms with Gasteiger partial charge in [-0.25, -0.2) is 0 Å². The number of nitrogens with zero attached hydrogens (tertiary/aromatic N) is 1. The highest BCUT2D eigenvalue weighted by Crippen LogP contribution is 2.27. The van der Waals surface area contributed by atoms with Gasteiger partial charge in [-0.1, -0.05) is 30.3 Å². The van der Waals surface area contributed by atoms with E-state index in [0.717, 1.165) is 19.5 Å². The van der Waals surface area contributed by atoms with E-state index < -0.39 is 5.54 Å². The number of primary amides is 1. The Morgan fingerprint density at radius 2 is 2.16 bits per heavy atom. The first kappa shape index (κ1) is 14.0. The summed E-state index contributed by atoms with van der Waals surface area (Å²) in [6.07, 6.45) is 1.14. The van der Waals surface area contributed by atoms with Crippen molar-refractivity contribution in [3.05, 3.63) is 35.9 Å².